The van der Waals surface area contributed by atoms with Crippen LogP contribution in [0.2, 0.25) is 0 Å². The number of para-hydroxylation sites is 1. The van der Waals surface area contributed by atoms with Gasteiger partial charge in [0.15, 0.2) is 5.16 Å². The number of fused-ring (bicyclic) bond motifs is 1. The number of amides is 1. The summed E-state index contributed by atoms with van der Waals surface area (Å²) in [4.78, 5) is 34.4. The van der Waals surface area contributed by atoms with E-state index in [1.54, 1.807) is 10.8 Å². The van der Waals surface area contributed by atoms with Gasteiger partial charge in [0.05, 0.1) is 28.9 Å². The molecule has 2 aromatic heterocycles. The number of nitrogens with zero attached hydrogens (tertiary/aromatic N) is 3. The molecule has 31 heavy (non-hydrogen) atoms. The summed E-state index contributed by atoms with van der Waals surface area (Å²) in [5, 5.41) is 4.08. The zero-order valence-electron chi connectivity index (χ0n) is 17.4. The molecule has 160 valence electrons. The van der Waals surface area contributed by atoms with Crippen molar-refractivity contribution in [3.63, 3.8) is 0 Å². The van der Waals surface area contributed by atoms with Gasteiger partial charge in [0.2, 0.25) is 5.91 Å². The van der Waals surface area contributed by atoms with E-state index in [1.807, 2.05) is 42.5 Å². The van der Waals surface area contributed by atoms with E-state index < -0.39 is 0 Å². The number of pyridine rings is 1. The van der Waals surface area contributed by atoms with Crippen molar-refractivity contribution in [2.45, 2.75) is 50.4 Å². The molecule has 3 aromatic rings. The summed E-state index contributed by atoms with van der Waals surface area (Å²) in [6.07, 6.45) is 9.55. The second kappa shape index (κ2) is 10.4. The van der Waals surface area contributed by atoms with Crippen LogP contribution in [0, 0.1) is 0 Å². The minimum absolute atomic E-state index is 0.0431. The first kappa shape index (κ1) is 21.3. The summed E-state index contributed by atoms with van der Waals surface area (Å²) < 4.78 is 1.73. The van der Waals surface area contributed by atoms with Crippen molar-refractivity contribution in [1.29, 1.82) is 0 Å². The highest BCUT2D eigenvalue weighted by molar-refractivity contribution is 7.99. The van der Waals surface area contributed by atoms with E-state index in [2.05, 4.69) is 16.4 Å². The summed E-state index contributed by atoms with van der Waals surface area (Å²) >= 11 is 1.31. The lowest BCUT2D eigenvalue weighted by Crippen LogP contribution is -2.27. The van der Waals surface area contributed by atoms with Gasteiger partial charge in [0.25, 0.3) is 5.56 Å². The Morgan fingerprint density at radius 1 is 1.13 bits per heavy atom. The van der Waals surface area contributed by atoms with Gasteiger partial charge in [-0.1, -0.05) is 41.6 Å². The highest BCUT2D eigenvalue weighted by atomic mass is 32.2. The van der Waals surface area contributed by atoms with E-state index in [-0.39, 0.29) is 17.2 Å². The van der Waals surface area contributed by atoms with Gasteiger partial charge in [0, 0.05) is 12.7 Å². The van der Waals surface area contributed by atoms with E-state index in [1.165, 1.54) is 30.2 Å². The molecule has 0 radical (unpaired) electrons. The van der Waals surface area contributed by atoms with Gasteiger partial charge in [0.1, 0.15) is 0 Å². The second-order valence-electron chi connectivity index (χ2n) is 7.61. The van der Waals surface area contributed by atoms with Gasteiger partial charge in [-0.2, -0.15) is 0 Å². The molecule has 0 fully saturated rings. The van der Waals surface area contributed by atoms with Crippen LogP contribution >= 0.6 is 11.8 Å². The predicted molar refractivity (Wildman–Crippen MR) is 124 cm³/mol. The standard InChI is InChI=1S/C24H26N4O2S/c29-22(26-16-19-10-6-7-14-25-19)17-31-24-27-21-12-5-4-11-20(21)23(30)28(24)15-13-18-8-2-1-3-9-18/h4-8,10-12,14H,1-3,9,13,15-17H2,(H,26,29). The fraction of sp³-hybridized carbons (Fsp3) is 0.333. The minimum atomic E-state index is -0.111. The molecular weight excluding hydrogens is 408 g/mol. The van der Waals surface area contributed by atoms with E-state index in [9.17, 15) is 9.59 Å². The van der Waals surface area contributed by atoms with Crippen LogP contribution < -0.4 is 10.9 Å². The molecule has 0 atom stereocenters. The number of rotatable bonds is 8. The topological polar surface area (TPSA) is 76.9 Å². The van der Waals surface area contributed by atoms with Crippen LogP contribution in [0.4, 0.5) is 0 Å². The average Bonchev–Trinajstić information content (AvgIpc) is 2.82. The SMILES string of the molecule is O=C(CSc1nc2ccccc2c(=O)n1CCC1=CCCCC1)NCc1ccccn1. The lowest BCUT2D eigenvalue weighted by atomic mass is 9.97. The van der Waals surface area contributed by atoms with Crippen LogP contribution in [0.25, 0.3) is 10.9 Å². The third-order valence-electron chi connectivity index (χ3n) is 5.39. The number of carbonyl (C=O) groups excluding carboxylic acids is 1. The Bertz CT molecular complexity index is 1140. The Labute approximate surface area is 185 Å². The Morgan fingerprint density at radius 2 is 2.00 bits per heavy atom. The van der Waals surface area contributed by atoms with Crippen LogP contribution in [0.15, 0.2) is 70.3 Å². The number of benzene rings is 1. The molecule has 1 amide bonds. The highest BCUT2D eigenvalue weighted by Crippen LogP contribution is 2.23. The number of allylic oxidation sites excluding steroid dienone is 2. The first-order chi connectivity index (χ1) is 15.2. The van der Waals surface area contributed by atoms with E-state index in [0.717, 1.165) is 25.0 Å². The van der Waals surface area contributed by atoms with Gasteiger partial charge < -0.3 is 5.32 Å². The van der Waals surface area contributed by atoms with Crippen LogP contribution in [-0.2, 0) is 17.9 Å². The molecule has 7 heteroatoms. The van der Waals surface area contributed by atoms with Crippen molar-refractivity contribution in [2.75, 3.05) is 5.75 Å². The number of hydrogen-bond acceptors (Lipinski definition) is 5. The molecule has 1 aromatic carbocycles. The molecule has 0 saturated heterocycles. The molecule has 0 spiro atoms. The van der Waals surface area contributed by atoms with E-state index >= 15 is 0 Å². The fourth-order valence-electron chi connectivity index (χ4n) is 3.72. The van der Waals surface area contributed by atoms with Crippen molar-refractivity contribution in [3.8, 4) is 0 Å². The largest absolute Gasteiger partial charge is 0.350 e. The maximum atomic E-state index is 13.2. The Hall–Kier alpha value is -2.93. The quantitative estimate of drug-likeness (QED) is 0.328. The first-order valence-corrected chi connectivity index (χ1v) is 11.7. The van der Waals surface area contributed by atoms with Gasteiger partial charge in [-0.25, -0.2) is 4.98 Å². The number of nitrogens with one attached hydrogen (secondary N) is 1. The van der Waals surface area contributed by atoms with Crippen LogP contribution in [0.5, 0.6) is 0 Å². The first-order valence-electron chi connectivity index (χ1n) is 10.7. The van der Waals surface area contributed by atoms with Crippen molar-refractivity contribution in [1.82, 2.24) is 19.9 Å². The maximum absolute atomic E-state index is 13.2. The fourth-order valence-corrected chi connectivity index (χ4v) is 4.57. The molecule has 0 bridgehead atoms. The molecule has 2 heterocycles. The van der Waals surface area contributed by atoms with Crippen molar-refractivity contribution >= 4 is 28.6 Å². The molecule has 1 aliphatic carbocycles. The summed E-state index contributed by atoms with van der Waals surface area (Å²) in [5.41, 5.74) is 2.84. The van der Waals surface area contributed by atoms with E-state index in [4.69, 9.17) is 4.98 Å². The molecule has 4 rings (SSSR count). The summed E-state index contributed by atoms with van der Waals surface area (Å²) in [6.45, 7) is 0.965. The zero-order chi connectivity index (χ0) is 21.5. The van der Waals surface area contributed by atoms with Crippen molar-refractivity contribution in [2.24, 2.45) is 0 Å². The van der Waals surface area contributed by atoms with Gasteiger partial charge in [-0.05, 0) is 56.4 Å². The molecular formula is C24H26N4O2S. The normalized spacial score (nSPS) is 13.7. The third-order valence-corrected chi connectivity index (χ3v) is 6.37. The number of hydrogen-bond donors (Lipinski definition) is 1. The van der Waals surface area contributed by atoms with Gasteiger partial charge >= 0.3 is 0 Å². The molecule has 1 aliphatic rings. The van der Waals surface area contributed by atoms with Gasteiger partial charge in [-0.3, -0.25) is 19.1 Å². The predicted octanol–water partition coefficient (Wildman–Crippen LogP) is 4.09. The second-order valence-corrected chi connectivity index (χ2v) is 8.56. The molecule has 1 N–H and O–H groups in total. The van der Waals surface area contributed by atoms with Crippen LogP contribution in [0.1, 0.15) is 37.8 Å². The smallest absolute Gasteiger partial charge is 0.262 e. The Kier molecular flexibility index (Phi) is 7.14. The average molecular weight is 435 g/mol. The van der Waals surface area contributed by atoms with Crippen LogP contribution in [-0.4, -0.2) is 26.2 Å². The summed E-state index contributed by atoms with van der Waals surface area (Å²) in [6, 6.07) is 13.0. The molecule has 0 unspecified atom stereocenters. The molecule has 6 nitrogen and oxygen atoms in total. The lowest BCUT2D eigenvalue weighted by Gasteiger charge is -2.16. The van der Waals surface area contributed by atoms with Crippen molar-refractivity contribution < 1.29 is 4.79 Å². The summed E-state index contributed by atoms with van der Waals surface area (Å²) in [5.74, 6) is 0.0833. The number of thioether (sulfide) groups is 1. The van der Waals surface area contributed by atoms with Crippen LogP contribution in [0.3, 0.4) is 0 Å². The monoisotopic (exact) mass is 434 g/mol. The van der Waals surface area contributed by atoms with Gasteiger partial charge in [-0.15, -0.1) is 0 Å². The zero-order valence-corrected chi connectivity index (χ0v) is 18.2. The number of aromatic nitrogens is 3. The van der Waals surface area contributed by atoms with Crippen molar-refractivity contribution in [3.05, 3.63) is 76.4 Å². The Balaban J connectivity index is 1.48. The summed E-state index contributed by atoms with van der Waals surface area (Å²) in [7, 11) is 0. The Morgan fingerprint density at radius 3 is 2.81 bits per heavy atom. The van der Waals surface area contributed by atoms with E-state index in [0.29, 0.717) is 29.1 Å². The lowest BCUT2D eigenvalue weighted by molar-refractivity contribution is -0.118. The minimum Gasteiger partial charge on any atom is -0.350 e. The molecule has 0 aliphatic heterocycles. The maximum Gasteiger partial charge on any atom is 0.262 e. The third kappa shape index (κ3) is 5.61. The molecule has 0 saturated carbocycles. The number of carbonyl (C=O) groups is 1. The highest BCUT2D eigenvalue weighted by Gasteiger charge is 2.14.